The highest BCUT2D eigenvalue weighted by molar-refractivity contribution is 5.82. The van der Waals surface area contributed by atoms with Crippen molar-refractivity contribution in [1.82, 2.24) is 10.2 Å². The number of ether oxygens (including phenoxy) is 3. The number of nitrogens with zero attached hydrogens (tertiary/aromatic N) is 1. The molecule has 5 heteroatoms. The van der Waals surface area contributed by atoms with Gasteiger partial charge in [-0.25, -0.2) is 0 Å². The Hall–Kier alpha value is -2.95. The number of hydrogen-bond donors (Lipinski definition) is 1. The van der Waals surface area contributed by atoms with Gasteiger partial charge in [0, 0.05) is 11.1 Å². The molecule has 3 aromatic rings. The molecule has 3 rings (SSSR count). The van der Waals surface area contributed by atoms with Gasteiger partial charge in [-0.3, -0.25) is 5.10 Å². The molecule has 0 radical (unpaired) electrons. The van der Waals surface area contributed by atoms with Crippen LogP contribution >= 0.6 is 0 Å². The summed E-state index contributed by atoms with van der Waals surface area (Å²) in [5, 5.41) is 7.34. The number of hydrogen-bond acceptors (Lipinski definition) is 4. The van der Waals surface area contributed by atoms with Crippen LogP contribution in [0.3, 0.4) is 0 Å². The molecule has 0 saturated carbocycles. The average Bonchev–Trinajstić information content (AvgIpc) is 3.12. The van der Waals surface area contributed by atoms with Gasteiger partial charge >= 0.3 is 0 Å². The Kier molecular flexibility index (Phi) is 4.65. The highest BCUT2D eigenvalue weighted by Gasteiger charge is 2.17. The summed E-state index contributed by atoms with van der Waals surface area (Å²) in [4.78, 5) is 0. The molecule has 1 aromatic heterocycles. The summed E-state index contributed by atoms with van der Waals surface area (Å²) in [5.74, 6) is 1.79. The number of benzene rings is 2. The maximum absolute atomic E-state index is 5.46. The largest absolute Gasteiger partial charge is 0.493 e. The Morgan fingerprint density at radius 2 is 1.48 bits per heavy atom. The Labute approximate surface area is 147 Å². The van der Waals surface area contributed by atoms with Gasteiger partial charge in [0.25, 0.3) is 0 Å². The SMILES string of the molecule is COc1cc(-c2[nH]ncc2-c2ccc(C)c(C)c2)cc(OC)c1OC. The Balaban J connectivity index is 2.15. The normalized spacial score (nSPS) is 10.6. The van der Waals surface area contributed by atoms with Gasteiger partial charge in [-0.2, -0.15) is 5.10 Å². The zero-order valence-corrected chi connectivity index (χ0v) is 15.1. The van der Waals surface area contributed by atoms with E-state index in [0.717, 1.165) is 22.4 Å². The van der Waals surface area contributed by atoms with Crippen LogP contribution in [0.15, 0.2) is 36.5 Å². The number of aromatic amines is 1. The molecular weight excluding hydrogens is 316 g/mol. The first-order chi connectivity index (χ1) is 12.1. The molecule has 130 valence electrons. The van der Waals surface area contributed by atoms with E-state index < -0.39 is 0 Å². The van der Waals surface area contributed by atoms with Crippen LogP contribution in [0, 0.1) is 13.8 Å². The van der Waals surface area contributed by atoms with Crippen molar-refractivity contribution in [3.05, 3.63) is 47.7 Å². The van der Waals surface area contributed by atoms with Crippen molar-refractivity contribution < 1.29 is 14.2 Å². The molecule has 0 atom stereocenters. The monoisotopic (exact) mass is 338 g/mol. The van der Waals surface area contributed by atoms with E-state index in [1.54, 1.807) is 21.3 Å². The van der Waals surface area contributed by atoms with Gasteiger partial charge in [0.05, 0.1) is 33.2 Å². The second-order valence-electron chi connectivity index (χ2n) is 5.87. The van der Waals surface area contributed by atoms with Crippen molar-refractivity contribution >= 4 is 0 Å². The van der Waals surface area contributed by atoms with Gasteiger partial charge in [0.2, 0.25) is 5.75 Å². The fourth-order valence-electron chi connectivity index (χ4n) is 2.86. The van der Waals surface area contributed by atoms with E-state index in [4.69, 9.17) is 14.2 Å². The third kappa shape index (κ3) is 3.05. The van der Waals surface area contributed by atoms with Crippen LogP contribution in [0.25, 0.3) is 22.4 Å². The van der Waals surface area contributed by atoms with E-state index in [9.17, 15) is 0 Å². The van der Waals surface area contributed by atoms with Gasteiger partial charge in [-0.15, -0.1) is 0 Å². The number of methoxy groups -OCH3 is 3. The van der Waals surface area contributed by atoms with E-state index in [1.165, 1.54) is 11.1 Å². The second-order valence-corrected chi connectivity index (χ2v) is 5.87. The van der Waals surface area contributed by atoms with Crippen LogP contribution in [0.1, 0.15) is 11.1 Å². The Morgan fingerprint density at radius 1 is 0.800 bits per heavy atom. The molecule has 0 spiro atoms. The smallest absolute Gasteiger partial charge is 0.203 e. The van der Waals surface area contributed by atoms with Crippen LogP contribution in [0.2, 0.25) is 0 Å². The maximum atomic E-state index is 5.46. The van der Waals surface area contributed by atoms with Crippen LogP contribution in [-0.4, -0.2) is 31.5 Å². The summed E-state index contributed by atoms with van der Waals surface area (Å²) < 4.78 is 16.3. The molecule has 0 saturated heterocycles. The lowest BCUT2D eigenvalue weighted by molar-refractivity contribution is 0.324. The molecule has 1 heterocycles. The fourth-order valence-corrected chi connectivity index (χ4v) is 2.86. The number of aryl methyl sites for hydroxylation is 2. The predicted molar refractivity (Wildman–Crippen MR) is 98.6 cm³/mol. The molecule has 25 heavy (non-hydrogen) atoms. The molecule has 1 N–H and O–H groups in total. The molecule has 0 aliphatic heterocycles. The van der Waals surface area contributed by atoms with Crippen molar-refractivity contribution in [2.24, 2.45) is 0 Å². The molecular formula is C20H22N2O3. The van der Waals surface area contributed by atoms with Gasteiger partial charge in [-0.1, -0.05) is 18.2 Å². The number of H-pyrrole nitrogens is 1. The lowest BCUT2D eigenvalue weighted by atomic mass is 9.98. The standard InChI is InChI=1S/C20H22N2O3/c1-12-6-7-14(8-13(12)2)16-11-21-22-19(16)15-9-17(23-3)20(25-5)18(10-15)24-4/h6-11H,1-5H3,(H,21,22). The van der Waals surface area contributed by atoms with Crippen LogP contribution in [-0.2, 0) is 0 Å². The molecule has 0 aliphatic carbocycles. The third-order valence-electron chi connectivity index (χ3n) is 4.41. The first-order valence-electron chi connectivity index (χ1n) is 8.00. The highest BCUT2D eigenvalue weighted by atomic mass is 16.5. The van der Waals surface area contributed by atoms with Gasteiger partial charge in [0.1, 0.15) is 0 Å². The first kappa shape index (κ1) is 16.9. The van der Waals surface area contributed by atoms with Crippen molar-refractivity contribution in [2.75, 3.05) is 21.3 Å². The van der Waals surface area contributed by atoms with Crippen LogP contribution in [0.5, 0.6) is 17.2 Å². The highest BCUT2D eigenvalue weighted by Crippen LogP contribution is 2.42. The molecule has 5 nitrogen and oxygen atoms in total. The number of rotatable bonds is 5. The van der Waals surface area contributed by atoms with E-state index in [-0.39, 0.29) is 0 Å². The lowest BCUT2D eigenvalue weighted by Crippen LogP contribution is -1.96. The minimum atomic E-state index is 0.570. The van der Waals surface area contributed by atoms with E-state index in [0.29, 0.717) is 17.2 Å². The van der Waals surface area contributed by atoms with Crippen molar-refractivity contribution in [3.63, 3.8) is 0 Å². The quantitative estimate of drug-likeness (QED) is 0.750. The molecule has 0 fully saturated rings. The molecule has 0 unspecified atom stereocenters. The summed E-state index contributed by atoms with van der Waals surface area (Å²) in [6.07, 6.45) is 1.84. The maximum Gasteiger partial charge on any atom is 0.203 e. The zero-order chi connectivity index (χ0) is 18.0. The van der Waals surface area contributed by atoms with E-state index in [2.05, 4.69) is 42.2 Å². The molecule has 0 amide bonds. The first-order valence-corrected chi connectivity index (χ1v) is 8.00. The minimum Gasteiger partial charge on any atom is -0.493 e. The topological polar surface area (TPSA) is 56.4 Å². The predicted octanol–water partition coefficient (Wildman–Crippen LogP) is 4.39. The molecule has 2 aromatic carbocycles. The third-order valence-corrected chi connectivity index (χ3v) is 4.41. The Morgan fingerprint density at radius 3 is 2.04 bits per heavy atom. The van der Waals surface area contributed by atoms with E-state index >= 15 is 0 Å². The summed E-state index contributed by atoms with van der Waals surface area (Å²) in [7, 11) is 4.81. The summed E-state index contributed by atoms with van der Waals surface area (Å²) in [6.45, 7) is 4.21. The zero-order valence-electron chi connectivity index (χ0n) is 15.1. The summed E-state index contributed by atoms with van der Waals surface area (Å²) >= 11 is 0. The van der Waals surface area contributed by atoms with Crippen molar-refractivity contribution in [1.29, 1.82) is 0 Å². The van der Waals surface area contributed by atoms with Crippen molar-refractivity contribution in [2.45, 2.75) is 13.8 Å². The molecule has 0 bridgehead atoms. The summed E-state index contributed by atoms with van der Waals surface area (Å²) in [5.41, 5.74) is 6.47. The number of nitrogens with one attached hydrogen (secondary N) is 1. The summed E-state index contributed by atoms with van der Waals surface area (Å²) in [6, 6.07) is 10.2. The van der Waals surface area contributed by atoms with Gasteiger partial charge < -0.3 is 14.2 Å². The van der Waals surface area contributed by atoms with Gasteiger partial charge in [-0.05, 0) is 42.7 Å². The fraction of sp³-hybridized carbons (Fsp3) is 0.250. The van der Waals surface area contributed by atoms with Gasteiger partial charge in [0.15, 0.2) is 11.5 Å². The van der Waals surface area contributed by atoms with Crippen LogP contribution < -0.4 is 14.2 Å². The van der Waals surface area contributed by atoms with Crippen LogP contribution in [0.4, 0.5) is 0 Å². The van der Waals surface area contributed by atoms with E-state index in [1.807, 2.05) is 18.3 Å². The Bertz CT molecular complexity index is 875. The lowest BCUT2D eigenvalue weighted by Gasteiger charge is -2.14. The minimum absolute atomic E-state index is 0.570. The number of aromatic nitrogens is 2. The second kappa shape index (κ2) is 6.89. The molecule has 0 aliphatic rings. The van der Waals surface area contributed by atoms with Crippen molar-refractivity contribution in [3.8, 4) is 39.6 Å². The average molecular weight is 338 g/mol.